The summed E-state index contributed by atoms with van der Waals surface area (Å²) in [5.74, 6) is -1.81. The maximum absolute atomic E-state index is 13.8. The van der Waals surface area contributed by atoms with E-state index in [0.29, 0.717) is 31.6 Å². The van der Waals surface area contributed by atoms with Gasteiger partial charge in [-0.1, -0.05) is 12.1 Å². The van der Waals surface area contributed by atoms with Crippen molar-refractivity contribution in [1.82, 2.24) is 20.3 Å². The second-order valence-corrected chi connectivity index (χ2v) is 7.61. The lowest BCUT2D eigenvalue weighted by Crippen LogP contribution is -2.22. The molecule has 0 bridgehead atoms. The van der Waals surface area contributed by atoms with Crippen LogP contribution in [-0.2, 0) is 17.4 Å². The third kappa shape index (κ3) is 7.20. The number of carbonyl (C=O) groups excluding carboxylic acids is 1. The SMILES string of the molecule is Fc1cnccc1-c1cc(N2CCCC2)nc(C(F)(F)F)n1.N#Cc1ccc(CCNC=O)cc1. The predicted octanol–water partition coefficient (Wildman–Crippen LogP) is 4.14. The molecule has 11 heteroatoms. The number of nitrogens with zero attached hydrogens (tertiary/aromatic N) is 5. The van der Waals surface area contributed by atoms with Crippen molar-refractivity contribution in [2.45, 2.75) is 25.4 Å². The van der Waals surface area contributed by atoms with E-state index in [1.165, 1.54) is 18.3 Å². The lowest BCUT2D eigenvalue weighted by Gasteiger charge is -2.18. The van der Waals surface area contributed by atoms with Crippen molar-refractivity contribution in [1.29, 1.82) is 5.26 Å². The maximum Gasteiger partial charge on any atom is 0.451 e. The predicted molar refractivity (Wildman–Crippen MR) is 121 cm³/mol. The van der Waals surface area contributed by atoms with Crippen LogP contribution in [-0.4, -0.2) is 41.0 Å². The van der Waals surface area contributed by atoms with Crippen LogP contribution in [0.1, 0.15) is 29.8 Å². The van der Waals surface area contributed by atoms with Gasteiger partial charge < -0.3 is 10.2 Å². The summed E-state index contributed by atoms with van der Waals surface area (Å²) in [6.07, 6.45) is 0.834. The van der Waals surface area contributed by atoms with Crippen molar-refractivity contribution in [2.75, 3.05) is 24.5 Å². The minimum absolute atomic E-state index is 0.0247. The number of hydrogen-bond donors (Lipinski definition) is 1. The quantitative estimate of drug-likeness (QED) is 0.320. The molecule has 1 saturated heterocycles. The number of hydrogen-bond acceptors (Lipinski definition) is 6. The van der Waals surface area contributed by atoms with Crippen LogP contribution in [0.5, 0.6) is 0 Å². The molecule has 1 fully saturated rings. The molecule has 0 unspecified atom stereocenters. The summed E-state index contributed by atoms with van der Waals surface area (Å²) in [6, 6.07) is 12.1. The van der Waals surface area contributed by atoms with Crippen molar-refractivity contribution < 1.29 is 22.4 Å². The number of anilines is 1. The van der Waals surface area contributed by atoms with Crippen LogP contribution < -0.4 is 10.2 Å². The van der Waals surface area contributed by atoms with E-state index in [-0.39, 0.29) is 17.1 Å². The highest BCUT2D eigenvalue weighted by molar-refractivity contribution is 5.63. The zero-order valence-electron chi connectivity index (χ0n) is 18.6. The molecule has 2 aromatic heterocycles. The molecule has 0 saturated carbocycles. The first-order chi connectivity index (χ1) is 16.8. The first-order valence-corrected chi connectivity index (χ1v) is 10.8. The van der Waals surface area contributed by atoms with Crippen LogP contribution in [0.3, 0.4) is 0 Å². The molecule has 0 atom stereocenters. The highest BCUT2D eigenvalue weighted by Gasteiger charge is 2.36. The molecule has 1 N–H and O–H groups in total. The summed E-state index contributed by atoms with van der Waals surface area (Å²) in [4.78, 5) is 22.4. The first kappa shape index (κ1) is 25.6. The molecule has 182 valence electrons. The summed E-state index contributed by atoms with van der Waals surface area (Å²) in [5.41, 5.74) is 1.66. The van der Waals surface area contributed by atoms with Crippen molar-refractivity contribution >= 4 is 12.2 Å². The molecule has 0 radical (unpaired) electrons. The minimum Gasteiger partial charge on any atom is -0.358 e. The molecule has 4 rings (SSSR count). The number of nitriles is 1. The fourth-order valence-electron chi connectivity index (χ4n) is 3.41. The molecule has 1 aliphatic rings. The van der Waals surface area contributed by atoms with Gasteiger partial charge in [0.2, 0.25) is 12.2 Å². The Hall–Kier alpha value is -4.07. The number of aromatic nitrogens is 3. The fourth-order valence-corrected chi connectivity index (χ4v) is 3.41. The number of carbonyl (C=O) groups is 1. The molecule has 0 aliphatic carbocycles. The first-order valence-electron chi connectivity index (χ1n) is 10.8. The second kappa shape index (κ2) is 11.9. The van der Waals surface area contributed by atoms with Crippen molar-refractivity contribution in [3.8, 4) is 17.3 Å². The Morgan fingerprint density at radius 3 is 2.43 bits per heavy atom. The van der Waals surface area contributed by atoms with Gasteiger partial charge >= 0.3 is 6.18 Å². The Kier molecular flexibility index (Phi) is 8.67. The van der Waals surface area contributed by atoms with Crippen LogP contribution >= 0.6 is 0 Å². The molecule has 3 aromatic rings. The van der Waals surface area contributed by atoms with Gasteiger partial charge in [0.1, 0.15) is 5.82 Å². The second-order valence-electron chi connectivity index (χ2n) is 7.61. The zero-order chi connectivity index (χ0) is 25.3. The minimum atomic E-state index is -4.69. The van der Waals surface area contributed by atoms with Crippen LogP contribution in [0.2, 0.25) is 0 Å². The van der Waals surface area contributed by atoms with E-state index in [1.54, 1.807) is 17.0 Å². The van der Waals surface area contributed by atoms with E-state index in [4.69, 9.17) is 5.26 Å². The Labute approximate surface area is 199 Å². The number of benzene rings is 1. The van der Waals surface area contributed by atoms with Crippen LogP contribution in [0.25, 0.3) is 11.3 Å². The summed E-state index contributed by atoms with van der Waals surface area (Å²) in [7, 11) is 0. The van der Waals surface area contributed by atoms with Crippen molar-refractivity contribution in [3.05, 3.63) is 71.6 Å². The lowest BCUT2D eigenvalue weighted by molar-refractivity contribution is -0.144. The molecule has 3 heterocycles. The van der Waals surface area contributed by atoms with E-state index in [2.05, 4.69) is 20.3 Å². The topological polar surface area (TPSA) is 94.8 Å². The smallest absolute Gasteiger partial charge is 0.358 e. The van der Waals surface area contributed by atoms with Crippen LogP contribution in [0, 0.1) is 17.1 Å². The average Bonchev–Trinajstić information content (AvgIpc) is 3.40. The molecular weight excluding hydrogens is 464 g/mol. The Balaban J connectivity index is 0.000000225. The van der Waals surface area contributed by atoms with E-state index in [1.807, 2.05) is 18.2 Å². The Morgan fingerprint density at radius 1 is 1.11 bits per heavy atom. The fraction of sp³-hybridized carbons (Fsp3) is 0.292. The van der Waals surface area contributed by atoms with Gasteiger partial charge in [0.15, 0.2) is 5.82 Å². The summed E-state index contributed by atoms with van der Waals surface area (Å²) >= 11 is 0. The molecule has 1 aromatic carbocycles. The lowest BCUT2D eigenvalue weighted by atomic mass is 10.1. The Bertz CT molecular complexity index is 1170. The monoisotopic (exact) mass is 486 g/mol. The number of pyridine rings is 1. The van der Waals surface area contributed by atoms with E-state index in [9.17, 15) is 22.4 Å². The van der Waals surface area contributed by atoms with E-state index in [0.717, 1.165) is 31.0 Å². The van der Waals surface area contributed by atoms with E-state index >= 15 is 0 Å². The van der Waals surface area contributed by atoms with Gasteiger partial charge in [-0.3, -0.25) is 9.78 Å². The molecule has 35 heavy (non-hydrogen) atoms. The van der Waals surface area contributed by atoms with Gasteiger partial charge in [-0.15, -0.1) is 0 Å². The van der Waals surface area contributed by atoms with Crippen molar-refractivity contribution in [3.63, 3.8) is 0 Å². The number of halogens is 4. The number of alkyl halides is 3. The van der Waals surface area contributed by atoms with Gasteiger partial charge in [0.25, 0.3) is 0 Å². The number of rotatable bonds is 6. The van der Waals surface area contributed by atoms with Crippen molar-refractivity contribution in [2.24, 2.45) is 0 Å². The van der Waals surface area contributed by atoms with Gasteiger partial charge in [-0.2, -0.15) is 18.4 Å². The van der Waals surface area contributed by atoms with Crippen LogP contribution in [0.15, 0.2) is 48.8 Å². The van der Waals surface area contributed by atoms with Gasteiger partial charge in [0, 0.05) is 37.5 Å². The molecule has 1 amide bonds. The Morgan fingerprint density at radius 2 is 1.83 bits per heavy atom. The highest BCUT2D eigenvalue weighted by Crippen LogP contribution is 2.32. The zero-order valence-corrected chi connectivity index (χ0v) is 18.6. The third-order valence-electron chi connectivity index (χ3n) is 5.17. The van der Waals surface area contributed by atoms with E-state index < -0.39 is 17.8 Å². The molecule has 0 spiro atoms. The standard InChI is InChI=1S/C14H12F4N4.C10H10N2O/c15-10-8-19-4-3-9(10)11-7-12(22-5-1-2-6-22)21-13(20-11)14(16,17)18;11-7-10-3-1-9(2-4-10)5-6-12-8-13/h3-4,7-8H,1-2,5-6H2;1-4,8H,5-6H2,(H,12,13). The maximum atomic E-state index is 13.8. The summed E-state index contributed by atoms with van der Waals surface area (Å²) in [6.45, 7) is 1.90. The average molecular weight is 486 g/mol. The normalized spacial score (nSPS) is 12.9. The van der Waals surface area contributed by atoms with Gasteiger partial charge in [0.05, 0.1) is 23.5 Å². The largest absolute Gasteiger partial charge is 0.451 e. The molecule has 7 nitrogen and oxygen atoms in total. The number of amides is 1. The third-order valence-corrected chi connectivity index (χ3v) is 5.17. The highest BCUT2D eigenvalue weighted by atomic mass is 19.4. The number of nitrogens with one attached hydrogen (secondary N) is 1. The van der Waals surface area contributed by atoms with Gasteiger partial charge in [-0.05, 0) is 43.0 Å². The molecule has 1 aliphatic heterocycles. The molecular formula is C24H22F4N6O. The summed E-state index contributed by atoms with van der Waals surface area (Å²) < 4.78 is 52.8. The summed E-state index contributed by atoms with van der Waals surface area (Å²) in [5, 5.41) is 11.1. The van der Waals surface area contributed by atoms with Gasteiger partial charge in [-0.25, -0.2) is 14.4 Å². The van der Waals surface area contributed by atoms with Crippen LogP contribution in [0.4, 0.5) is 23.4 Å².